The van der Waals surface area contributed by atoms with E-state index in [0.29, 0.717) is 32.5 Å². The maximum absolute atomic E-state index is 15.2. The first-order valence-corrected chi connectivity index (χ1v) is 16.2. The molecular weight excluding hydrogens is 643 g/mol. The zero-order valence-corrected chi connectivity index (χ0v) is 26.0. The van der Waals surface area contributed by atoms with Gasteiger partial charge in [-0.05, 0) is 48.7 Å². The first-order valence-electron chi connectivity index (χ1n) is 13.9. The van der Waals surface area contributed by atoms with Crippen LogP contribution in [0.4, 0.5) is 25.5 Å². The van der Waals surface area contributed by atoms with E-state index < -0.39 is 45.4 Å². The van der Waals surface area contributed by atoms with E-state index in [0.717, 1.165) is 17.5 Å². The van der Waals surface area contributed by atoms with Gasteiger partial charge in [-0.15, -0.1) is 0 Å². The van der Waals surface area contributed by atoms with Gasteiger partial charge in [0.2, 0.25) is 27.8 Å². The van der Waals surface area contributed by atoms with Crippen molar-refractivity contribution in [3.05, 3.63) is 76.6 Å². The Morgan fingerprint density at radius 1 is 1.15 bits per heavy atom. The number of nitrogens with one attached hydrogen (secondary N) is 2. The highest BCUT2D eigenvalue weighted by molar-refractivity contribution is 7.89. The number of carbonyl (C=O) groups is 3. The van der Waals surface area contributed by atoms with Crippen molar-refractivity contribution in [2.24, 2.45) is 5.14 Å². The van der Waals surface area contributed by atoms with Crippen LogP contribution < -0.4 is 20.7 Å². The van der Waals surface area contributed by atoms with Gasteiger partial charge in [0.05, 0.1) is 27.2 Å². The Hall–Kier alpha value is -4.87. The number of benzene rings is 2. The summed E-state index contributed by atoms with van der Waals surface area (Å²) in [5.74, 6) is -2.98. The van der Waals surface area contributed by atoms with E-state index in [4.69, 9.17) is 5.14 Å². The normalized spacial score (nSPS) is 16.4. The maximum atomic E-state index is 15.2. The molecule has 0 saturated carbocycles. The molecule has 2 aromatic carbocycles. The largest absolute Gasteiger partial charge is 0.347 e. The lowest BCUT2D eigenvalue weighted by atomic mass is 10.0. The summed E-state index contributed by atoms with van der Waals surface area (Å²) in [6.07, 6.45) is 1.25. The number of hydrogen-bond donors (Lipinski definition) is 3. The van der Waals surface area contributed by atoms with Crippen LogP contribution in [0, 0.1) is 18.6 Å². The molecule has 0 aliphatic carbocycles. The van der Waals surface area contributed by atoms with Crippen LogP contribution in [0.1, 0.15) is 40.0 Å². The van der Waals surface area contributed by atoms with Gasteiger partial charge in [-0.3, -0.25) is 19.7 Å². The molecule has 1 fully saturated rings. The number of nitrogens with two attached hydrogens (primary N) is 1. The van der Waals surface area contributed by atoms with Gasteiger partial charge in [0.15, 0.2) is 10.9 Å². The van der Waals surface area contributed by atoms with Gasteiger partial charge in [0.1, 0.15) is 17.6 Å². The molecule has 2 aromatic heterocycles. The summed E-state index contributed by atoms with van der Waals surface area (Å²) >= 11 is 1.16. The molecule has 2 aliphatic rings. The van der Waals surface area contributed by atoms with E-state index in [9.17, 15) is 27.2 Å². The van der Waals surface area contributed by atoms with Crippen molar-refractivity contribution in [1.29, 1.82) is 0 Å². The van der Waals surface area contributed by atoms with Crippen LogP contribution in [0.5, 0.6) is 0 Å². The number of primary sulfonamides is 1. The van der Waals surface area contributed by atoms with Gasteiger partial charge in [0.25, 0.3) is 5.91 Å². The molecule has 1 atom stereocenters. The molecule has 17 heteroatoms. The average molecular weight is 669 g/mol. The summed E-state index contributed by atoms with van der Waals surface area (Å²) in [5, 5.41) is 10.8. The molecule has 4 N–H and O–H groups in total. The lowest BCUT2D eigenvalue weighted by molar-refractivity contribution is -0.136. The van der Waals surface area contributed by atoms with Crippen molar-refractivity contribution in [3.8, 4) is 10.6 Å². The lowest BCUT2D eigenvalue weighted by Crippen LogP contribution is -2.52. The third-order valence-corrected chi connectivity index (χ3v) is 9.73. The highest BCUT2D eigenvalue weighted by Crippen LogP contribution is 2.36. The first-order chi connectivity index (χ1) is 21.8. The van der Waals surface area contributed by atoms with Crippen molar-refractivity contribution >= 4 is 55.8 Å². The second-order valence-electron chi connectivity index (χ2n) is 10.9. The number of sulfonamides is 1. The summed E-state index contributed by atoms with van der Waals surface area (Å²) in [6, 6.07) is 7.81. The predicted molar refractivity (Wildman–Crippen MR) is 163 cm³/mol. The van der Waals surface area contributed by atoms with Gasteiger partial charge in [-0.1, -0.05) is 23.5 Å². The number of thiazole rings is 1. The highest BCUT2D eigenvalue weighted by atomic mass is 32.2. The molecule has 4 heterocycles. The summed E-state index contributed by atoms with van der Waals surface area (Å²) in [6.45, 7) is 1.92. The number of hydrogen-bond acceptors (Lipinski definition) is 11. The van der Waals surface area contributed by atoms with Crippen LogP contribution in [0.2, 0.25) is 0 Å². The van der Waals surface area contributed by atoms with Gasteiger partial charge in [-0.2, -0.15) is 0 Å². The zero-order chi connectivity index (χ0) is 32.9. The molecule has 0 spiro atoms. The Morgan fingerprint density at radius 2 is 1.93 bits per heavy atom. The second kappa shape index (κ2) is 11.8. The number of carbonyl (C=O) groups excluding carboxylic acids is 3. The van der Waals surface area contributed by atoms with E-state index >= 15 is 4.39 Å². The van der Waals surface area contributed by atoms with Gasteiger partial charge in [0, 0.05) is 32.2 Å². The molecule has 46 heavy (non-hydrogen) atoms. The minimum atomic E-state index is -3.94. The second-order valence-corrected chi connectivity index (χ2v) is 13.4. The molecular formula is C29H26F2N8O5S2. The maximum Gasteiger partial charge on any atom is 0.258 e. The number of imide groups is 1. The zero-order valence-electron chi connectivity index (χ0n) is 24.4. The standard InChI is InChI=1S/C29H26F2N8O5S2/c1-14-25(24-20(31)11-33-28(37-24)35-17-4-3-5-18(10-17)46(32,43)44)45-29(34-14)38(2)12-15-8-16-13-39(27(42)23(16)19(30)9-15)21-6-7-22(40)36-26(21)41/h3-5,8-11,21H,6-7,12-13H2,1-2H3,(H2,32,43,44)(H,33,35,37)(H,36,40,41). The fraction of sp³-hybridized carbons (Fsp3) is 0.241. The fourth-order valence-electron chi connectivity index (χ4n) is 5.38. The van der Waals surface area contributed by atoms with Crippen LogP contribution in [-0.4, -0.2) is 59.1 Å². The van der Waals surface area contributed by atoms with E-state index in [1.807, 2.05) is 0 Å². The van der Waals surface area contributed by atoms with Crippen LogP contribution >= 0.6 is 11.3 Å². The lowest BCUT2D eigenvalue weighted by Gasteiger charge is -2.29. The van der Waals surface area contributed by atoms with Gasteiger partial charge >= 0.3 is 0 Å². The molecule has 13 nitrogen and oxygen atoms in total. The molecule has 3 amide bonds. The smallest absolute Gasteiger partial charge is 0.258 e. The van der Waals surface area contributed by atoms with Crippen molar-refractivity contribution in [2.45, 2.75) is 43.8 Å². The summed E-state index contributed by atoms with van der Waals surface area (Å²) < 4.78 is 53.6. The van der Waals surface area contributed by atoms with E-state index in [1.54, 1.807) is 31.0 Å². The summed E-state index contributed by atoms with van der Waals surface area (Å²) in [5.41, 5.74) is 1.68. The van der Waals surface area contributed by atoms with Gasteiger partial charge in [-0.25, -0.2) is 37.3 Å². The Kier molecular flexibility index (Phi) is 7.99. The number of aromatic nitrogens is 3. The van der Waals surface area contributed by atoms with Crippen LogP contribution in [0.3, 0.4) is 0 Å². The molecule has 0 bridgehead atoms. The average Bonchev–Trinajstić information content (AvgIpc) is 3.53. The Labute approximate surface area is 265 Å². The van der Waals surface area contributed by atoms with Crippen LogP contribution in [-0.2, 0) is 32.7 Å². The van der Waals surface area contributed by atoms with Crippen LogP contribution in [0.15, 0.2) is 47.5 Å². The minimum absolute atomic E-state index is 0.0141. The fourth-order valence-corrected chi connectivity index (χ4v) is 6.96. The summed E-state index contributed by atoms with van der Waals surface area (Å²) in [7, 11) is -2.21. The topological polar surface area (TPSA) is 181 Å². The first kappa shape index (κ1) is 31.1. The summed E-state index contributed by atoms with van der Waals surface area (Å²) in [4.78, 5) is 53.1. The van der Waals surface area contributed by atoms with E-state index in [-0.39, 0.29) is 48.0 Å². The Bertz CT molecular complexity index is 2040. The molecule has 238 valence electrons. The number of nitrogens with zero attached hydrogens (tertiary/aromatic N) is 5. The number of amides is 3. The van der Waals surface area contributed by atoms with E-state index in [1.165, 1.54) is 29.2 Å². The van der Waals surface area contributed by atoms with Crippen molar-refractivity contribution in [1.82, 2.24) is 25.2 Å². The molecule has 6 rings (SSSR count). The third kappa shape index (κ3) is 6.03. The molecule has 4 aromatic rings. The predicted octanol–water partition coefficient (Wildman–Crippen LogP) is 2.98. The van der Waals surface area contributed by atoms with E-state index in [2.05, 4.69) is 25.6 Å². The van der Waals surface area contributed by atoms with Crippen LogP contribution in [0.25, 0.3) is 10.6 Å². The number of rotatable bonds is 8. The monoisotopic (exact) mass is 668 g/mol. The number of aryl methyl sites for hydroxylation is 1. The Balaban J connectivity index is 1.20. The van der Waals surface area contributed by atoms with Gasteiger partial charge < -0.3 is 15.1 Å². The van der Waals surface area contributed by atoms with Crippen molar-refractivity contribution in [2.75, 3.05) is 17.3 Å². The number of piperidine rings is 1. The third-order valence-electron chi connectivity index (χ3n) is 7.54. The number of halogens is 2. The molecule has 1 unspecified atom stereocenters. The SMILES string of the molecule is Cc1nc(N(C)Cc2cc(F)c3c(c2)CN(C2CCC(=O)NC2=O)C3=O)sc1-c1nc(Nc2cccc(S(N)(=O)=O)c2)ncc1F. The molecule has 0 radical (unpaired) electrons. The quantitative estimate of drug-likeness (QED) is 0.236. The Morgan fingerprint density at radius 3 is 2.67 bits per heavy atom. The number of anilines is 3. The number of fused-ring (bicyclic) bond motifs is 1. The minimum Gasteiger partial charge on any atom is -0.347 e. The van der Waals surface area contributed by atoms with Crippen molar-refractivity contribution in [3.63, 3.8) is 0 Å². The molecule has 1 saturated heterocycles. The van der Waals surface area contributed by atoms with Crippen molar-refractivity contribution < 1.29 is 31.6 Å². The molecule has 2 aliphatic heterocycles. The highest BCUT2D eigenvalue weighted by Gasteiger charge is 2.40.